The number of carbonyl (C=O) groups excluding carboxylic acids is 1. The summed E-state index contributed by atoms with van der Waals surface area (Å²) in [5, 5.41) is 14.0. The maximum Gasteiger partial charge on any atom is 0.268 e. The summed E-state index contributed by atoms with van der Waals surface area (Å²) in [6, 6.07) is -0.884. The van der Waals surface area contributed by atoms with E-state index in [-0.39, 0.29) is 19.1 Å². The van der Waals surface area contributed by atoms with Gasteiger partial charge in [0.1, 0.15) is 13.2 Å². The van der Waals surface area contributed by atoms with Crippen molar-refractivity contribution in [3.05, 3.63) is 12.2 Å². The number of aliphatic hydroxyl groups is 1. The lowest BCUT2D eigenvalue weighted by Crippen LogP contribution is -2.45. The molecule has 9 heteroatoms. The molecule has 0 aromatic carbocycles. The summed E-state index contributed by atoms with van der Waals surface area (Å²) >= 11 is 0. The van der Waals surface area contributed by atoms with Gasteiger partial charge in [0, 0.05) is 6.42 Å². The van der Waals surface area contributed by atoms with Gasteiger partial charge in [-0.3, -0.25) is 9.36 Å². The highest BCUT2D eigenvalue weighted by molar-refractivity contribution is 7.45. The van der Waals surface area contributed by atoms with Crippen LogP contribution in [0, 0.1) is 0 Å². The Balaban J connectivity index is 4.01. The number of carbonyl (C=O) groups is 1. The first-order chi connectivity index (χ1) is 38.5. The van der Waals surface area contributed by atoms with Crippen LogP contribution in [0.2, 0.25) is 0 Å². The fraction of sp³-hybridized carbons (Fsp3) is 0.957. The lowest BCUT2D eigenvalue weighted by Gasteiger charge is -2.29. The first kappa shape index (κ1) is 78.2. The Morgan fingerprint density at radius 3 is 0.949 bits per heavy atom. The van der Waals surface area contributed by atoms with Crippen molar-refractivity contribution in [2.45, 2.75) is 392 Å². The van der Waals surface area contributed by atoms with Crippen LogP contribution in [-0.4, -0.2) is 68.5 Å². The zero-order valence-electron chi connectivity index (χ0n) is 54.1. The maximum absolute atomic E-state index is 13.0. The number of phosphoric acid groups is 1. The first-order valence-corrected chi connectivity index (χ1v) is 37.0. The molecule has 0 heterocycles. The number of hydrogen-bond donors (Lipinski definition) is 2. The normalized spacial score (nSPS) is 13.7. The highest BCUT2D eigenvalue weighted by atomic mass is 31.2. The van der Waals surface area contributed by atoms with Crippen LogP contribution >= 0.6 is 7.82 Å². The fourth-order valence-corrected chi connectivity index (χ4v) is 11.9. The molecule has 3 unspecified atom stereocenters. The van der Waals surface area contributed by atoms with E-state index in [1.54, 1.807) is 6.08 Å². The molecule has 3 atom stereocenters. The Morgan fingerprint density at radius 2 is 0.684 bits per heavy atom. The first-order valence-electron chi connectivity index (χ1n) is 35.6. The van der Waals surface area contributed by atoms with Crippen molar-refractivity contribution in [3.8, 4) is 0 Å². The maximum atomic E-state index is 13.0. The number of allylic oxidation sites excluding steroid dienone is 1. The van der Waals surface area contributed by atoms with Gasteiger partial charge >= 0.3 is 0 Å². The SMILES string of the molecule is CCCCCCCCCCCCCCCCCCCCCCCCCC/C=C/C(O)C(COP(=O)([O-])OCC[N+](C)(C)C)NC(=O)CCCCCCCCCCCCCCCCCCCCCCCCCCCCCCCCC. The summed E-state index contributed by atoms with van der Waals surface area (Å²) in [6.45, 7) is 4.73. The number of rotatable bonds is 67. The molecule has 0 radical (unpaired) electrons. The molecule has 0 bridgehead atoms. The van der Waals surface area contributed by atoms with Gasteiger partial charge in [-0.1, -0.05) is 366 Å². The second kappa shape index (κ2) is 61.8. The van der Waals surface area contributed by atoms with Crippen LogP contribution in [0.3, 0.4) is 0 Å². The van der Waals surface area contributed by atoms with E-state index in [1.165, 1.54) is 321 Å². The van der Waals surface area contributed by atoms with Crippen LogP contribution in [0.5, 0.6) is 0 Å². The Kier molecular flexibility index (Phi) is 61.2. The average molecular weight is 1140 g/mol. The van der Waals surface area contributed by atoms with Gasteiger partial charge in [0.15, 0.2) is 0 Å². The molecule has 0 saturated carbocycles. The molecule has 0 rings (SSSR count). The van der Waals surface area contributed by atoms with Crippen LogP contribution in [0.15, 0.2) is 12.2 Å². The number of nitrogens with zero attached hydrogens (tertiary/aromatic N) is 1. The molecule has 0 aliphatic carbocycles. The standard InChI is InChI=1S/C70H141N2O6P/c1-6-8-10-12-14-16-18-20-22-24-26-28-30-32-34-35-36-37-38-40-42-44-46-48-50-52-54-56-58-60-62-64-70(74)71-68(67-78-79(75,76)77-66-65-72(3,4)5)69(73)63-61-59-57-55-53-51-49-47-45-43-41-39-33-31-29-27-25-23-21-19-17-15-13-11-9-7-2/h61,63,68-69,73H,6-60,62,64-67H2,1-5H3,(H-,71,74,75,76)/b63-61+. The number of likely N-dealkylation sites (N-methyl/N-ethyl adjacent to an activating group) is 1. The predicted molar refractivity (Wildman–Crippen MR) is 344 cm³/mol. The summed E-state index contributed by atoms with van der Waals surface area (Å²) in [7, 11) is 1.29. The molecular formula is C70H141N2O6P. The summed E-state index contributed by atoms with van der Waals surface area (Å²) in [6.07, 6.45) is 79.1. The summed E-state index contributed by atoms with van der Waals surface area (Å²) < 4.78 is 23.5. The van der Waals surface area contributed by atoms with Gasteiger partial charge in [-0.2, -0.15) is 0 Å². The minimum Gasteiger partial charge on any atom is -0.756 e. The molecule has 2 N–H and O–H groups in total. The van der Waals surface area contributed by atoms with E-state index in [2.05, 4.69) is 19.2 Å². The van der Waals surface area contributed by atoms with Gasteiger partial charge < -0.3 is 28.8 Å². The smallest absolute Gasteiger partial charge is 0.268 e. The number of phosphoric ester groups is 1. The van der Waals surface area contributed by atoms with Gasteiger partial charge in [-0.15, -0.1) is 0 Å². The summed E-state index contributed by atoms with van der Waals surface area (Å²) in [5.41, 5.74) is 0. The van der Waals surface area contributed by atoms with Crippen LogP contribution in [-0.2, 0) is 18.4 Å². The highest BCUT2D eigenvalue weighted by Crippen LogP contribution is 2.38. The van der Waals surface area contributed by atoms with Crippen molar-refractivity contribution in [2.75, 3.05) is 40.9 Å². The molecule has 0 saturated heterocycles. The highest BCUT2D eigenvalue weighted by Gasteiger charge is 2.23. The summed E-state index contributed by atoms with van der Waals surface area (Å²) in [5.74, 6) is -0.187. The lowest BCUT2D eigenvalue weighted by atomic mass is 10.0. The third-order valence-electron chi connectivity index (χ3n) is 16.7. The predicted octanol–water partition coefficient (Wildman–Crippen LogP) is 21.9. The number of amides is 1. The largest absolute Gasteiger partial charge is 0.756 e. The quantitative estimate of drug-likeness (QED) is 0.0272. The van der Waals surface area contributed by atoms with E-state index in [4.69, 9.17) is 9.05 Å². The van der Waals surface area contributed by atoms with Gasteiger partial charge in [0.2, 0.25) is 5.91 Å². The third kappa shape index (κ3) is 64.7. The molecule has 79 heavy (non-hydrogen) atoms. The van der Waals surface area contributed by atoms with Crippen molar-refractivity contribution >= 4 is 13.7 Å². The topological polar surface area (TPSA) is 108 Å². The van der Waals surface area contributed by atoms with Crippen molar-refractivity contribution in [2.24, 2.45) is 0 Å². The Bertz CT molecular complexity index is 1290. The lowest BCUT2D eigenvalue weighted by molar-refractivity contribution is -0.870. The zero-order valence-corrected chi connectivity index (χ0v) is 55.0. The number of quaternary nitrogens is 1. The minimum absolute atomic E-state index is 0.00302. The molecule has 0 aromatic rings. The number of aliphatic hydroxyl groups excluding tert-OH is 1. The molecule has 0 spiro atoms. The van der Waals surface area contributed by atoms with Crippen molar-refractivity contribution in [3.63, 3.8) is 0 Å². The van der Waals surface area contributed by atoms with E-state index in [1.807, 2.05) is 27.2 Å². The van der Waals surface area contributed by atoms with Crippen molar-refractivity contribution < 1.29 is 32.9 Å². The minimum atomic E-state index is -4.60. The van der Waals surface area contributed by atoms with Crippen LogP contribution in [0.25, 0.3) is 0 Å². The zero-order chi connectivity index (χ0) is 57.7. The number of hydrogen-bond acceptors (Lipinski definition) is 6. The second-order valence-electron chi connectivity index (χ2n) is 26.0. The van der Waals surface area contributed by atoms with E-state index in [9.17, 15) is 19.4 Å². The van der Waals surface area contributed by atoms with Crippen molar-refractivity contribution in [1.82, 2.24) is 5.32 Å². The van der Waals surface area contributed by atoms with E-state index < -0.39 is 20.0 Å². The molecule has 8 nitrogen and oxygen atoms in total. The number of unbranched alkanes of at least 4 members (excludes halogenated alkanes) is 54. The third-order valence-corrected chi connectivity index (χ3v) is 17.7. The number of nitrogens with one attached hydrogen (secondary N) is 1. The van der Waals surface area contributed by atoms with Gasteiger partial charge in [-0.05, 0) is 19.3 Å². The van der Waals surface area contributed by atoms with E-state index in [0.717, 1.165) is 38.5 Å². The second-order valence-corrected chi connectivity index (χ2v) is 27.4. The van der Waals surface area contributed by atoms with Gasteiger partial charge in [-0.25, -0.2) is 0 Å². The van der Waals surface area contributed by atoms with Crippen molar-refractivity contribution in [1.29, 1.82) is 0 Å². The fourth-order valence-electron chi connectivity index (χ4n) is 11.2. The van der Waals surface area contributed by atoms with E-state index in [0.29, 0.717) is 17.4 Å². The van der Waals surface area contributed by atoms with Crippen LogP contribution < -0.4 is 10.2 Å². The molecule has 0 fully saturated rings. The van der Waals surface area contributed by atoms with Gasteiger partial charge in [0.25, 0.3) is 7.82 Å². The monoisotopic (exact) mass is 1140 g/mol. The Morgan fingerprint density at radius 1 is 0.430 bits per heavy atom. The Hall–Kier alpha value is -0.760. The molecule has 0 aromatic heterocycles. The molecule has 1 amide bonds. The van der Waals surface area contributed by atoms with E-state index >= 15 is 0 Å². The molecular weight excluding hydrogens is 996 g/mol. The molecule has 0 aliphatic rings. The van der Waals surface area contributed by atoms with Crippen LogP contribution in [0.1, 0.15) is 380 Å². The molecule has 0 aliphatic heterocycles. The summed E-state index contributed by atoms with van der Waals surface area (Å²) in [4.78, 5) is 25.6. The molecule has 472 valence electrons. The average Bonchev–Trinajstić information content (AvgIpc) is 3.42. The van der Waals surface area contributed by atoms with Gasteiger partial charge in [0.05, 0.1) is 39.9 Å². The van der Waals surface area contributed by atoms with Crippen LogP contribution in [0.4, 0.5) is 0 Å². The Labute approximate surface area is 494 Å².